The second kappa shape index (κ2) is 8.21. The number of sulfonamides is 1. The average molecular weight is 389 g/mol. The zero-order chi connectivity index (χ0) is 19.4. The van der Waals surface area contributed by atoms with E-state index in [1.165, 1.54) is 4.31 Å². The molecule has 0 spiro atoms. The van der Waals surface area contributed by atoms with Gasteiger partial charge in [0, 0.05) is 6.54 Å². The van der Waals surface area contributed by atoms with E-state index in [4.69, 9.17) is 9.84 Å². The molecule has 0 saturated heterocycles. The van der Waals surface area contributed by atoms with Gasteiger partial charge in [-0.15, -0.1) is 0 Å². The van der Waals surface area contributed by atoms with E-state index in [9.17, 15) is 13.2 Å². The molecule has 144 valence electrons. The number of fused-ring (bicyclic) bond motifs is 1. The van der Waals surface area contributed by atoms with E-state index in [-0.39, 0.29) is 24.5 Å². The van der Waals surface area contributed by atoms with Crippen LogP contribution in [0.2, 0.25) is 0 Å². The summed E-state index contributed by atoms with van der Waals surface area (Å²) in [7, 11) is -3.76. The minimum absolute atomic E-state index is 0.0951. The highest BCUT2D eigenvalue weighted by Gasteiger charge is 2.37. The smallest absolute Gasteiger partial charge is 0.307 e. The van der Waals surface area contributed by atoms with E-state index in [0.717, 1.165) is 16.7 Å². The highest BCUT2D eigenvalue weighted by molar-refractivity contribution is 7.89. The number of rotatable bonds is 6. The van der Waals surface area contributed by atoms with Crippen LogP contribution in [0.4, 0.5) is 0 Å². The fourth-order valence-electron chi connectivity index (χ4n) is 3.35. The molecule has 1 aliphatic heterocycles. The van der Waals surface area contributed by atoms with Gasteiger partial charge in [-0.2, -0.15) is 4.31 Å². The molecule has 3 rings (SSSR count). The van der Waals surface area contributed by atoms with Gasteiger partial charge in [0.05, 0.1) is 24.0 Å². The Labute approximate surface area is 159 Å². The van der Waals surface area contributed by atoms with Crippen LogP contribution < -0.4 is 0 Å². The van der Waals surface area contributed by atoms with Crippen LogP contribution in [-0.2, 0) is 26.0 Å². The second-order valence-electron chi connectivity index (χ2n) is 6.54. The Hall–Kier alpha value is -2.22. The fourth-order valence-corrected chi connectivity index (χ4v) is 4.96. The molecule has 7 heteroatoms. The van der Waals surface area contributed by atoms with Crippen molar-refractivity contribution in [1.29, 1.82) is 0 Å². The summed E-state index contributed by atoms with van der Waals surface area (Å²) in [4.78, 5) is 12.4. The van der Waals surface area contributed by atoms with Crippen molar-refractivity contribution in [2.75, 3.05) is 19.8 Å². The molecule has 1 heterocycles. The molecule has 27 heavy (non-hydrogen) atoms. The number of aryl methyl sites for hydroxylation is 1. The van der Waals surface area contributed by atoms with Gasteiger partial charge in [0.15, 0.2) is 0 Å². The molecule has 1 aliphatic rings. The predicted molar refractivity (Wildman–Crippen MR) is 101 cm³/mol. The van der Waals surface area contributed by atoms with Gasteiger partial charge >= 0.3 is 5.97 Å². The molecule has 1 unspecified atom stereocenters. The fraction of sp³-hybridized carbons (Fsp3) is 0.350. The van der Waals surface area contributed by atoms with Crippen LogP contribution in [0, 0.1) is 6.92 Å². The maximum Gasteiger partial charge on any atom is 0.307 e. The molecular weight excluding hydrogens is 366 g/mol. The molecule has 0 radical (unpaired) electrons. The second-order valence-corrected chi connectivity index (χ2v) is 8.43. The van der Waals surface area contributed by atoms with Gasteiger partial charge in [-0.1, -0.05) is 42.0 Å². The lowest BCUT2D eigenvalue weighted by Crippen LogP contribution is -2.41. The third kappa shape index (κ3) is 4.21. The van der Waals surface area contributed by atoms with Gasteiger partial charge in [0.1, 0.15) is 6.61 Å². The Morgan fingerprint density at radius 2 is 1.89 bits per heavy atom. The van der Waals surface area contributed by atoms with Gasteiger partial charge in [-0.3, -0.25) is 4.79 Å². The predicted octanol–water partition coefficient (Wildman–Crippen LogP) is 2.21. The molecule has 1 atom stereocenters. The number of carbonyl (C=O) groups is 1. The normalized spacial score (nSPS) is 17.3. The van der Waals surface area contributed by atoms with Crippen molar-refractivity contribution in [2.45, 2.75) is 30.7 Å². The van der Waals surface area contributed by atoms with Crippen molar-refractivity contribution >= 4 is 16.0 Å². The molecule has 0 amide bonds. The third-order valence-corrected chi connectivity index (χ3v) is 6.63. The number of aliphatic hydroxyl groups is 1. The van der Waals surface area contributed by atoms with Crippen molar-refractivity contribution in [3.63, 3.8) is 0 Å². The van der Waals surface area contributed by atoms with Crippen LogP contribution in [0.3, 0.4) is 0 Å². The number of ether oxygens (including phenoxy) is 1. The van der Waals surface area contributed by atoms with Crippen LogP contribution in [0.1, 0.15) is 29.2 Å². The lowest BCUT2D eigenvalue weighted by molar-refractivity contribution is -0.145. The Balaban J connectivity index is 1.97. The lowest BCUT2D eigenvalue weighted by Gasteiger charge is -2.36. The summed E-state index contributed by atoms with van der Waals surface area (Å²) in [6, 6.07) is 13.6. The van der Waals surface area contributed by atoms with E-state index >= 15 is 0 Å². The Kier molecular flexibility index (Phi) is 5.94. The molecule has 0 saturated carbocycles. The molecule has 2 aromatic rings. The maximum absolute atomic E-state index is 13.2. The van der Waals surface area contributed by atoms with E-state index in [1.807, 2.05) is 31.2 Å². The van der Waals surface area contributed by atoms with Crippen molar-refractivity contribution in [3.05, 3.63) is 65.2 Å². The summed E-state index contributed by atoms with van der Waals surface area (Å²) in [6.45, 7) is 1.83. The minimum atomic E-state index is -3.76. The van der Waals surface area contributed by atoms with E-state index in [2.05, 4.69) is 0 Å². The molecule has 0 aromatic heterocycles. The van der Waals surface area contributed by atoms with Crippen molar-refractivity contribution < 1.29 is 23.1 Å². The van der Waals surface area contributed by atoms with Crippen LogP contribution >= 0.6 is 0 Å². The van der Waals surface area contributed by atoms with Gasteiger partial charge in [-0.05, 0) is 36.6 Å². The number of esters is 1. The first-order valence-corrected chi connectivity index (χ1v) is 10.3. The molecule has 2 aromatic carbocycles. The summed E-state index contributed by atoms with van der Waals surface area (Å²) in [5, 5.41) is 8.85. The van der Waals surface area contributed by atoms with Crippen LogP contribution in [0.25, 0.3) is 0 Å². The van der Waals surface area contributed by atoms with Crippen LogP contribution in [0.15, 0.2) is 53.4 Å². The lowest BCUT2D eigenvalue weighted by atomic mass is 9.92. The monoisotopic (exact) mass is 389 g/mol. The number of hydrogen-bond acceptors (Lipinski definition) is 5. The summed E-state index contributed by atoms with van der Waals surface area (Å²) in [5.41, 5.74) is 2.83. The molecule has 0 bridgehead atoms. The van der Waals surface area contributed by atoms with Crippen LogP contribution in [-0.4, -0.2) is 43.6 Å². The first-order chi connectivity index (χ1) is 12.9. The van der Waals surface area contributed by atoms with E-state index < -0.39 is 22.0 Å². The number of hydrogen-bond donors (Lipinski definition) is 1. The standard InChI is InChI=1S/C20H23NO5S/c1-15-6-8-17(9-7-15)27(24,25)21-11-10-16-4-2-3-5-18(16)19(21)14-20(23)26-13-12-22/h2-9,19,22H,10-14H2,1H3. The molecule has 0 aliphatic carbocycles. The summed E-state index contributed by atoms with van der Waals surface area (Å²) >= 11 is 0. The van der Waals surface area contributed by atoms with Gasteiger partial charge in [-0.25, -0.2) is 8.42 Å². The molecule has 0 fully saturated rings. The van der Waals surface area contributed by atoms with Crippen molar-refractivity contribution in [1.82, 2.24) is 4.31 Å². The Morgan fingerprint density at radius 1 is 1.19 bits per heavy atom. The van der Waals surface area contributed by atoms with E-state index in [0.29, 0.717) is 13.0 Å². The molecular formula is C20H23NO5S. The third-order valence-electron chi connectivity index (χ3n) is 4.71. The SMILES string of the molecule is Cc1ccc(S(=O)(=O)N2CCc3ccccc3C2CC(=O)OCCO)cc1. The average Bonchev–Trinajstić information content (AvgIpc) is 2.66. The number of benzene rings is 2. The van der Waals surface area contributed by atoms with Crippen molar-refractivity contribution in [2.24, 2.45) is 0 Å². The number of nitrogens with zero attached hydrogens (tertiary/aromatic N) is 1. The Bertz CT molecular complexity index is 908. The summed E-state index contributed by atoms with van der Waals surface area (Å²) in [6.07, 6.45) is 0.492. The van der Waals surface area contributed by atoms with Gasteiger partial charge in [0.25, 0.3) is 0 Å². The zero-order valence-corrected chi connectivity index (χ0v) is 16.0. The first kappa shape index (κ1) is 19.5. The topological polar surface area (TPSA) is 83.9 Å². The minimum Gasteiger partial charge on any atom is -0.463 e. The van der Waals surface area contributed by atoms with Crippen molar-refractivity contribution in [3.8, 4) is 0 Å². The number of carbonyl (C=O) groups excluding carboxylic acids is 1. The summed E-state index contributed by atoms with van der Waals surface area (Å²) in [5.74, 6) is -0.533. The number of aliphatic hydroxyl groups excluding tert-OH is 1. The quantitative estimate of drug-likeness (QED) is 0.766. The summed E-state index contributed by atoms with van der Waals surface area (Å²) < 4.78 is 32.9. The highest BCUT2D eigenvalue weighted by Crippen LogP contribution is 2.36. The van der Waals surface area contributed by atoms with Gasteiger partial charge < -0.3 is 9.84 Å². The maximum atomic E-state index is 13.2. The molecule has 1 N–H and O–H groups in total. The van der Waals surface area contributed by atoms with Gasteiger partial charge in [0.2, 0.25) is 10.0 Å². The highest BCUT2D eigenvalue weighted by atomic mass is 32.2. The first-order valence-electron chi connectivity index (χ1n) is 8.86. The molecule has 6 nitrogen and oxygen atoms in total. The van der Waals surface area contributed by atoms with E-state index in [1.54, 1.807) is 24.3 Å². The van der Waals surface area contributed by atoms with Crippen LogP contribution in [0.5, 0.6) is 0 Å². The zero-order valence-electron chi connectivity index (χ0n) is 15.2. The largest absolute Gasteiger partial charge is 0.463 e. The Morgan fingerprint density at radius 3 is 2.59 bits per heavy atom.